The molecule has 0 aromatic carbocycles. The lowest BCUT2D eigenvalue weighted by atomic mass is 9.67. The molecule has 3 unspecified atom stereocenters. The summed E-state index contributed by atoms with van der Waals surface area (Å²) in [5.74, 6) is 1.25. The Labute approximate surface area is 132 Å². The van der Waals surface area contributed by atoms with Gasteiger partial charge in [-0.25, -0.2) is 0 Å². The molecule has 3 aliphatic rings. The number of carbonyl (C=O) groups is 2. The largest absolute Gasteiger partial charge is 0.355 e. The van der Waals surface area contributed by atoms with Gasteiger partial charge in [-0.2, -0.15) is 0 Å². The third kappa shape index (κ3) is 3.69. The highest BCUT2D eigenvalue weighted by molar-refractivity contribution is 5.85. The number of hydrogen-bond donors (Lipinski definition) is 3. The van der Waals surface area contributed by atoms with Crippen LogP contribution >= 0.6 is 12.4 Å². The number of nitrogens with one attached hydrogen (secondary N) is 2. The fraction of sp³-hybridized carbons (Fsp3) is 0.867. The molecule has 2 bridgehead atoms. The number of rotatable bonds is 2. The molecule has 0 aromatic rings. The van der Waals surface area contributed by atoms with Crippen LogP contribution in [0.15, 0.2) is 0 Å². The van der Waals surface area contributed by atoms with Crippen molar-refractivity contribution in [3.63, 3.8) is 0 Å². The molecule has 5 nitrogen and oxygen atoms in total. The topological polar surface area (TPSA) is 84.2 Å². The first kappa shape index (κ1) is 16.6. The Morgan fingerprint density at radius 2 is 1.86 bits per heavy atom. The van der Waals surface area contributed by atoms with Gasteiger partial charge >= 0.3 is 0 Å². The smallest absolute Gasteiger partial charge is 0.225 e. The molecule has 21 heavy (non-hydrogen) atoms. The maximum atomic E-state index is 12.4. The second-order valence-corrected chi connectivity index (χ2v) is 6.76. The molecule has 1 heterocycles. The zero-order chi connectivity index (χ0) is 14.1. The van der Waals surface area contributed by atoms with Crippen LogP contribution in [0.3, 0.4) is 0 Å². The van der Waals surface area contributed by atoms with Gasteiger partial charge in [0.25, 0.3) is 0 Å². The van der Waals surface area contributed by atoms with Gasteiger partial charge in [0.2, 0.25) is 11.8 Å². The van der Waals surface area contributed by atoms with E-state index in [9.17, 15) is 9.59 Å². The summed E-state index contributed by atoms with van der Waals surface area (Å²) in [7, 11) is 0. The predicted octanol–water partition coefficient (Wildman–Crippen LogP) is 0.957. The number of nitrogens with two attached hydrogens (primary N) is 1. The van der Waals surface area contributed by atoms with Crippen molar-refractivity contribution in [3.05, 3.63) is 0 Å². The Morgan fingerprint density at radius 1 is 1.19 bits per heavy atom. The normalized spacial score (nSPS) is 38.9. The fourth-order valence-electron chi connectivity index (χ4n) is 4.26. The van der Waals surface area contributed by atoms with Crippen LogP contribution in [0.25, 0.3) is 0 Å². The van der Waals surface area contributed by atoms with Gasteiger partial charge < -0.3 is 16.4 Å². The van der Waals surface area contributed by atoms with E-state index in [1.807, 2.05) is 0 Å². The standard InChI is InChI=1S/C15H25N3O2.ClH/c16-12-6-9-2-1-3-10(7-12)14(9)18-15(20)11-4-5-13(19)17-8-11;/h9-12,14H,1-8,16H2,(H,17,19)(H,18,20);1H. The molecule has 4 N–H and O–H groups in total. The highest BCUT2D eigenvalue weighted by atomic mass is 35.5. The summed E-state index contributed by atoms with van der Waals surface area (Å²) < 4.78 is 0. The summed E-state index contributed by atoms with van der Waals surface area (Å²) in [6.45, 7) is 0.492. The summed E-state index contributed by atoms with van der Waals surface area (Å²) >= 11 is 0. The zero-order valence-electron chi connectivity index (χ0n) is 12.3. The van der Waals surface area contributed by atoms with Crippen LogP contribution in [-0.4, -0.2) is 30.4 Å². The Kier molecular flexibility index (Phi) is 5.49. The van der Waals surface area contributed by atoms with Crippen LogP contribution in [0.2, 0.25) is 0 Å². The van der Waals surface area contributed by atoms with Crippen molar-refractivity contribution in [2.45, 2.75) is 57.0 Å². The van der Waals surface area contributed by atoms with E-state index < -0.39 is 0 Å². The summed E-state index contributed by atoms with van der Waals surface area (Å²) in [6, 6.07) is 0.626. The zero-order valence-corrected chi connectivity index (χ0v) is 13.2. The molecule has 0 aromatic heterocycles. The molecule has 3 rings (SSSR count). The van der Waals surface area contributed by atoms with Gasteiger partial charge in [0.05, 0.1) is 5.92 Å². The maximum Gasteiger partial charge on any atom is 0.225 e. The molecule has 3 atom stereocenters. The highest BCUT2D eigenvalue weighted by Gasteiger charge is 2.40. The molecular weight excluding hydrogens is 290 g/mol. The van der Waals surface area contributed by atoms with E-state index in [-0.39, 0.29) is 30.1 Å². The highest BCUT2D eigenvalue weighted by Crippen LogP contribution is 2.39. The molecule has 2 aliphatic carbocycles. The van der Waals surface area contributed by atoms with Crippen molar-refractivity contribution in [2.24, 2.45) is 23.5 Å². The van der Waals surface area contributed by atoms with E-state index in [0.29, 0.717) is 43.3 Å². The minimum Gasteiger partial charge on any atom is -0.355 e. The molecular formula is C15H26ClN3O2. The number of hydrogen-bond acceptors (Lipinski definition) is 3. The number of piperidine rings is 1. The molecule has 0 spiro atoms. The minimum absolute atomic E-state index is 0. The minimum atomic E-state index is -0.0518. The van der Waals surface area contributed by atoms with E-state index >= 15 is 0 Å². The first-order valence-corrected chi connectivity index (χ1v) is 7.96. The lowest BCUT2D eigenvalue weighted by Gasteiger charge is -2.45. The van der Waals surface area contributed by atoms with Gasteiger partial charge in [0, 0.05) is 25.0 Å². The molecule has 3 fully saturated rings. The van der Waals surface area contributed by atoms with Crippen LogP contribution in [0.5, 0.6) is 0 Å². The first-order chi connectivity index (χ1) is 9.63. The number of fused-ring (bicyclic) bond motifs is 2. The second-order valence-electron chi connectivity index (χ2n) is 6.76. The van der Waals surface area contributed by atoms with E-state index in [4.69, 9.17) is 5.73 Å². The van der Waals surface area contributed by atoms with E-state index in [1.54, 1.807) is 0 Å². The van der Waals surface area contributed by atoms with Gasteiger partial charge in [-0.3, -0.25) is 9.59 Å². The third-order valence-electron chi connectivity index (χ3n) is 5.32. The van der Waals surface area contributed by atoms with Gasteiger partial charge in [-0.1, -0.05) is 6.42 Å². The van der Waals surface area contributed by atoms with Crippen molar-refractivity contribution in [1.82, 2.24) is 10.6 Å². The maximum absolute atomic E-state index is 12.4. The van der Waals surface area contributed by atoms with Crippen LogP contribution < -0.4 is 16.4 Å². The molecule has 6 heteroatoms. The van der Waals surface area contributed by atoms with E-state index in [0.717, 1.165) is 12.8 Å². The quantitative estimate of drug-likeness (QED) is 0.709. The van der Waals surface area contributed by atoms with E-state index in [2.05, 4.69) is 10.6 Å². The van der Waals surface area contributed by atoms with Crippen molar-refractivity contribution < 1.29 is 9.59 Å². The van der Waals surface area contributed by atoms with Crippen molar-refractivity contribution >= 4 is 24.2 Å². The third-order valence-corrected chi connectivity index (χ3v) is 5.32. The van der Waals surface area contributed by atoms with Crippen LogP contribution in [0.4, 0.5) is 0 Å². The molecule has 1 saturated heterocycles. The first-order valence-electron chi connectivity index (χ1n) is 7.96. The van der Waals surface area contributed by atoms with Crippen molar-refractivity contribution in [1.29, 1.82) is 0 Å². The number of halogens is 1. The predicted molar refractivity (Wildman–Crippen MR) is 83.0 cm³/mol. The van der Waals surface area contributed by atoms with Gasteiger partial charge in [-0.15, -0.1) is 12.4 Å². The molecule has 0 radical (unpaired) electrons. The number of carbonyl (C=O) groups excluding carboxylic acids is 2. The Bertz CT molecular complexity index is 380. The lowest BCUT2D eigenvalue weighted by molar-refractivity contribution is -0.130. The van der Waals surface area contributed by atoms with Crippen molar-refractivity contribution in [3.8, 4) is 0 Å². The molecule has 2 amide bonds. The Hall–Kier alpha value is -0.810. The summed E-state index contributed by atoms with van der Waals surface area (Å²) in [5, 5.41) is 6.07. The van der Waals surface area contributed by atoms with Crippen LogP contribution in [-0.2, 0) is 9.59 Å². The average Bonchev–Trinajstić information content (AvgIpc) is 2.40. The fourth-order valence-corrected chi connectivity index (χ4v) is 4.26. The van der Waals surface area contributed by atoms with Crippen LogP contribution in [0.1, 0.15) is 44.9 Å². The SMILES string of the molecule is Cl.NC1CC2CCCC(C1)C2NC(=O)C1CCC(=O)NC1. The number of amides is 2. The van der Waals surface area contributed by atoms with Gasteiger partial charge in [0.1, 0.15) is 0 Å². The van der Waals surface area contributed by atoms with Gasteiger partial charge in [0.15, 0.2) is 0 Å². The molecule has 2 saturated carbocycles. The summed E-state index contributed by atoms with van der Waals surface area (Å²) in [6.07, 6.45) is 6.90. The Balaban J connectivity index is 0.00000161. The van der Waals surface area contributed by atoms with E-state index in [1.165, 1.54) is 19.3 Å². The Morgan fingerprint density at radius 3 is 2.43 bits per heavy atom. The van der Waals surface area contributed by atoms with Crippen LogP contribution in [0, 0.1) is 17.8 Å². The second kappa shape index (κ2) is 6.97. The lowest BCUT2D eigenvalue weighted by Crippen LogP contribution is -2.56. The van der Waals surface area contributed by atoms with Crippen molar-refractivity contribution in [2.75, 3.05) is 6.54 Å². The summed E-state index contributed by atoms with van der Waals surface area (Å²) in [4.78, 5) is 23.6. The average molecular weight is 316 g/mol. The monoisotopic (exact) mass is 315 g/mol. The van der Waals surface area contributed by atoms with Gasteiger partial charge in [-0.05, 0) is 43.9 Å². The molecule has 120 valence electrons. The molecule has 1 aliphatic heterocycles. The summed E-state index contributed by atoms with van der Waals surface area (Å²) in [5.41, 5.74) is 6.12.